The summed E-state index contributed by atoms with van der Waals surface area (Å²) in [7, 11) is -3.93. The van der Waals surface area contributed by atoms with E-state index in [4.69, 9.17) is 0 Å². The molecule has 0 spiro atoms. The van der Waals surface area contributed by atoms with E-state index in [1.54, 1.807) is 0 Å². The van der Waals surface area contributed by atoms with Crippen molar-refractivity contribution in [2.75, 3.05) is 0 Å². The molecule has 28 heavy (non-hydrogen) atoms. The van der Waals surface area contributed by atoms with Crippen LogP contribution in [0, 0.1) is 10.1 Å². The summed E-state index contributed by atoms with van der Waals surface area (Å²) in [5.74, 6) is -1.05. The molecule has 2 amide bonds. The van der Waals surface area contributed by atoms with Crippen LogP contribution in [0.1, 0.15) is 39.1 Å². The molecule has 10 heteroatoms. The summed E-state index contributed by atoms with van der Waals surface area (Å²) in [6.45, 7) is 0.119. The van der Waals surface area contributed by atoms with E-state index in [0.717, 1.165) is 4.31 Å². The van der Waals surface area contributed by atoms with Crippen molar-refractivity contribution in [3.05, 3.63) is 69.3 Å². The number of amides is 2. The van der Waals surface area contributed by atoms with Gasteiger partial charge in [0, 0.05) is 30.3 Å². The Bertz CT molecular complexity index is 1110. The van der Waals surface area contributed by atoms with Crippen molar-refractivity contribution in [3.63, 3.8) is 0 Å². The maximum Gasteiger partial charge on any atom is 0.269 e. The number of nitro groups is 1. The number of carbonyl (C=O) groups is 2. The molecule has 9 nitrogen and oxygen atoms in total. The summed E-state index contributed by atoms with van der Waals surface area (Å²) in [5.41, 5.74) is 0.806. The first-order valence-corrected chi connectivity index (χ1v) is 9.97. The molecule has 2 aliphatic rings. The van der Waals surface area contributed by atoms with Gasteiger partial charge in [-0.25, -0.2) is 12.7 Å². The quantitative estimate of drug-likeness (QED) is 0.602. The molecule has 2 aromatic carbocycles. The zero-order valence-corrected chi connectivity index (χ0v) is 15.3. The zero-order valence-electron chi connectivity index (χ0n) is 14.5. The minimum Gasteiger partial charge on any atom is -0.348 e. The summed E-state index contributed by atoms with van der Waals surface area (Å²) in [6.07, 6.45) is 1.31. The van der Waals surface area contributed by atoms with Crippen molar-refractivity contribution in [3.8, 4) is 0 Å². The summed E-state index contributed by atoms with van der Waals surface area (Å²) in [5, 5.41) is 13.3. The SMILES string of the molecule is O=C(NCc1ccc([N+](=O)[O-])cc1)c1ccc2c(c1)S(=O)(=O)N(C1CC1)C2=O. The Labute approximate surface area is 160 Å². The Morgan fingerprint density at radius 3 is 2.46 bits per heavy atom. The largest absolute Gasteiger partial charge is 0.348 e. The van der Waals surface area contributed by atoms with E-state index in [9.17, 15) is 28.1 Å². The van der Waals surface area contributed by atoms with Gasteiger partial charge in [-0.05, 0) is 36.6 Å². The Hall–Kier alpha value is -3.27. The van der Waals surface area contributed by atoms with Gasteiger partial charge in [-0.2, -0.15) is 0 Å². The number of hydrogen-bond acceptors (Lipinski definition) is 6. The number of hydrogen-bond donors (Lipinski definition) is 1. The highest BCUT2D eigenvalue weighted by Crippen LogP contribution is 2.39. The lowest BCUT2D eigenvalue weighted by atomic mass is 10.1. The number of nitrogens with zero attached hydrogens (tertiary/aromatic N) is 2. The van der Waals surface area contributed by atoms with Crippen LogP contribution in [-0.4, -0.2) is 35.5 Å². The van der Waals surface area contributed by atoms with Gasteiger partial charge in [-0.1, -0.05) is 12.1 Å². The van der Waals surface area contributed by atoms with Crippen LogP contribution < -0.4 is 5.32 Å². The van der Waals surface area contributed by atoms with Gasteiger partial charge in [-0.3, -0.25) is 19.7 Å². The third-order valence-corrected chi connectivity index (χ3v) is 6.57. The zero-order chi connectivity index (χ0) is 20.1. The third-order valence-electron chi connectivity index (χ3n) is 4.69. The Morgan fingerprint density at radius 1 is 1.18 bits per heavy atom. The molecule has 144 valence electrons. The van der Waals surface area contributed by atoms with Gasteiger partial charge in [0.25, 0.3) is 27.5 Å². The van der Waals surface area contributed by atoms with E-state index in [1.165, 1.54) is 42.5 Å². The van der Waals surface area contributed by atoms with Gasteiger partial charge < -0.3 is 5.32 Å². The van der Waals surface area contributed by atoms with Gasteiger partial charge >= 0.3 is 0 Å². The molecule has 4 rings (SSSR count). The highest BCUT2D eigenvalue weighted by atomic mass is 32.2. The number of sulfonamides is 1. The lowest BCUT2D eigenvalue weighted by Gasteiger charge is -2.13. The second kappa shape index (κ2) is 6.41. The van der Waals surface area contributed by atoms with Gasteiger partial charge in [0.1, 0.15) is 4.90 Å². The molecule has 0 saturated heterocycles. The molecule has 0 unspecified atom stereocenters. The number of nitro benzene ring substituents is 1. The summed E-state index contributed by atoms with van der Waals surface area (Å²) < 4.78 is 26.2. The Morgan fingerprint density at radius 2 is 1.86 bits per heavy atom. The molecule has 1 saturated carbocycles. The molecular formula is C18H15N3O6S. The minimum absolute atomic E-state index is 0.0520. The lowest BCUT2D eigenvalue weighted by molar-refractivity contribution is -0.384. The molecule has 2 aromatic rings. The molecule has 1 heterocycles. The smallest absolute Gasteiger partial charge is 0.269 e. The van der Waals surface area contributed by atoms with Gasteiger partial charge in [0.05, 0.1) is 10.5 Å². The molecule has 0 atom stereocenters. The monoisotopic (exact) mass is 401 g/mol. The van der Waals surface area contributed by atoms with Crippen LogP contribution in [0.25, 0.3) is 0 Å². The third kappa shape index (κ3) is 3.01. The highest BCUT2D eigenvalue weighted by Gasteiger charge is 2.48. The molecule has 0 aromatic heterocycles. The van der Waals surface area contributed by atoms with Crippen LogP contribution in [0.15, 0.2) is 47.4 Å². The first kappa shape index (κ1) is 18.1. The number of fused-ring (bicyclic) bond motifs is 1. The molecule has 0 radical (unpaired) electrons. The van der Waals surface area contributed by atoms with Crippen molar-refractivity contribution in [1.29, 1.82) is 0 Å². The summed E-state index contributed by atoms with van der Waals surface area (Å²) in [6, 6.07) is 9.42. The van der Waals surface area contributed by atoms with Gasteiger partial charge in [0.2, 0.25) is 0 Å². The molecule has 0 bridgehead atoms. The lowest BCUT2D eigenvalue weighted by Crippen LogP contribution is -2.32. The maximum atomic E-state index is 12.6. The van der Waals surface area contributed by atoms with Crippen molar-refractivity contribution in [2.24, 2.45) is 0 Å². The first-order valence-electron chi connectivity index (χ1n) is 8.53. The molecule has 1 aliphatic carbocycles. The minimum atomic E-state index is -3.93. The normalized spacial score (nSPS) is 17.3. The number of rotatable bonds is 5. The van der Waals surface area contributed by atoms with E-state index in [1.807, 2.05) is 0 Å². The van der Waals surface area contributed by atoms with E-state index >= 15 is 0 Å². The van der Waals surface area contributed by atoms with E-state index < -0.39 is 26.8 Å². The molecule has 1 aliphatic heterocycles. The van der Waals surface area contributed by atoms with Crippen LogP contribution in [-0.2, 0) is 16.6 Å². The Balaban J connectivity index is 1.51. The van der Waals surface area contributed by atoms with Crippen molar-refractivity contribution < 1.29 is 22.9 Å². The van der Waals surface area contributed by atoms with Crippen LogP contribution >= 0.6 is 0 Å². The van der Waals surface area contributed by atoms with Crippen LogP contribution in [0.4, 0.5) is 5.69 Å². The fourth-order valence-electron chi connectivity index (χ4n) is 3.08. The van der Waals surface area contributed by atoms with Crippen molar-refractivity contribution in [1.82, 2.24) is 9.62 Å². The van der Waals surface area contributed by atoms with Gasteiger partial charge in [0.15, 0.2) is 0 Å². The molecule has 1 N–H and O–H groups in total. The average molecular weight is 401 g/mol. The molecular weight excluding hydrogens is 386 g/mol. The maximum absolute atomic E-state index is 12.6. The summed E-state index contributed by atoms with van der Waals surface area (Å²) in [4.78, 5) is 34.8. The number of carbonyl (C=O) groups excluding carboxylic acids is 2. The predicted molar refractivity (Wildman–Crippen MR) is 97.1 cm³/mol. The average Bonchev–Trinajstić information content (AvgIpc) is 3.47. The second-order valence-electron chi connectivity index (χ2n) is 6.65. The Kier molecular flexibility index (Phi) is 4.15. The highest BCUT2D eigenvalue weighted by molar-refractivity contribution is 7.90. The van der Waals surface area contributed by atoms with Crippen molar-refractivity contribution >= 4 is 27.5 Å². The standard InChI is InChI=1S/C18H15N3O6S/c22-17(19-10-11-1-4-14(5-2-11)21(24)25)12-3-8-15-16(9-12)28(26,27)20(18(15)23)13-6-7-13/h1-5,8-9,13H,6-7,10H2,(H,19,22). The summed E-state index contributed by atoms with van der Waals surface area (Å²) >= 11 is 0. The van der Waals surface area contributed by atoms with Crippen LogP contribution in [0.3, 0.4) is 0 Å². The first-order chi connectivity index (χ1) is 13.3. The number of nitrogens with one attached hydrogen (secondary N) is 1. The van der Waals surface area contributed by atoms with Crippen molar-refractivity contribution in [2.45, 2.75) is 30.3 Å². The number of benzene rings is 2. The van der Waals surface area contributed by atoms with E-state index in [-0.39, 0.29) is 34.3 Å². The fourth-order valence-corrected chi connectivity index (χ4v) is 4.92. The fraction of sp³-hybridized carbons (Fsp3) is 0.222. The number of non-ortho nitro benzene ring substituents is 1. The van der Waals surface area contributed by atoms with Crippen LogP contribution in [0.5, 0.6) is 0 Å². The second-order valence-corrected chi connectivity index (χ2v) is 8.44. The topological polar surface area (TPSA) is 127 Å². The van der Waals surface area contributed by atoms with Gasteiger partial charge in [-0.15, -0.1) is 0 Å². The molecule has 1 fully saturated rings. The predicted octanol–water partition coefficient (Wildman–Crippen LogP) is 1.83. The van der Waals surface area contributed by atoms with Crippen LogP contribution in [0.2, 0.25) is 0 Å². The van der Waals surface area contributed by atoms with E-state index in [0.29, 0.717) is 18.4 Å². The van der Waals surface area contributed by atoms with E-state index in [2.05, 4.69) is 5.32 Å².